The molecule has 0 spiro atoms. The number of amides is 1. The standard InChI is InChI=1S/C15H21N5O3/c1-4-11(5-2)20-10(3)12(8-16-20)15(23)17-13-6-7-19(18-13)9-14(21)22/h6-8,11H,4-5,9H2,1-3H3,(H,21,22)(H,17,18,23). The number of aliphatic carboxylic acids is 1. The first-order chi connectivity index (χ1) is 11.0. The maximum absolute atomic E-state index is 12.3. The van der Waals surface area contributed by atoms with Gasteiger partial charge in [-0.25, -0.2) is 0 Å². The zero-order valence-electron chi connectivity index (χ0n) is 13.5. The summed E-state index contributed by atoms with van der Waals surface area (Å²) >= 11 is 0. The highest BCUT2D eigenvalue weighted by Gasteiger charge is 2.18. The highest BCUT2D eigenvalue weighted by molar-refractivity contribution is 6.04. The fourth-order valence-electron chi connectivity index (χ4n) is 2.49. The van der Waals surface area contributed by atoms with Gasteiger partial charge in [0.15, 0.2) is 5.82 Å². The normalized spacial score (nSPS) is 11.0. The Morgan fingerprint density at radius 3 is 2.65 bits per heavy atom. The second-order valence-corrected chi connectivity index (χ2v) is 5.30. The number of carbonyl (C=O) groups is 2. The van der Waals surface area contributed by atoms with Gasteiger partial charge in [0.1, 0.15) is 6.54 Å². The van der Waals surface area contributed by atoms with Crippen LogP contribution in [0, 0.1) is 6.92 Å². The number of anilines is 1. The third kappa shape index (κ3) is 3.77. The summed E-state index contributed by atoms with van der Waals surface area (Å²) in [7, 11) is 0. The fourth-order valence-corrected chi connectivity index (χ4v) is 2.49. The number of carboxylic acid groups (broad SMARTS) is 1. The van der Waals surface area contributed by atoms with Crippen LogP contribution in [0.4, 0.5) is 5.82 Å². The minimum atomic E-state index is -0.992. The maximum atomic E-state index is 12.3. The van der Waals surface area contributed by atoms with Crippen molar-refractivity contribution in [2.75, 3.05) is 5.32 Å². The van der Waals surface area contributed by atoms with Gasteiger partial charge < -0.3 is 10.4 Å². The van der Waals surface area contributed by atoms with Crippen LogP contribution in [0.2, 0.25) is 0 Å². The lowest BCUT2D eigenvalue weighted by Crippen LogP contribution is -2.16. The number of rotatable bonds is 7. The van der Waals surface area contributed by atoms with E-state index in [9.17, 15) is 9.59 Å². The van der Waals surface area contributed by atoms with E-state index in [0.717, 1.165) is 18.5 Å². The molecule has 0 atom stereocenters. The maximum Gasteiger partial charge on any atom is 0.325 e. The Kier molecular flexibility index (Phi) is 5.15. The lowest BCUT2D eigenvalue weighted by Gasteiger charge is -2.15. The van der Waals surface area contributed by atoms with Crippen LogP contribution in [0.25, 0.3) is 0 Å². The van der Waals surface area contributed by atoms with E-state index in [1.54, 1.807) is 12.3 Å². The number of nitrogens with one attached hydrogen (secondary N) is 1. The largest absolute Gasteiger partial charge is 0.480 e. The molecule has 0 bridgehead atoms. The van der Waals surface area contributed by atoms with Crippen LogP contribution < -0.4 is 5.32 Å². The van der Waals surface area contributed by atoms with Crippen LogP contribution in [0.5, 0.6) is 0 Å². The summed E-state index contributed by atoms with van der Waals surface area (Å²) in [4.78, 5) is 23.0. The van der Waals surface area contributed by atoms with Gasteiger partial charge in [-0.15, -0.1) is 0 Å². The Hall–Kier alpha value is -2.64. The SMILES string of the molecule is CCC(CC)n1ncc(C(=O)Nc2ccn(CC(=O)O)n2)c1C. The molecule has 8 nitrogen and oxygen atoms in total. The Labute approximate surface area is 134 Å². The van der Waals surface area contributed by atoms with Gasteiger partial charge in [-0.1, -0.05) is 13.8 Å². The first-order valence-corrected chi connectivity index (χ1v) is 7.56. The van der Waals surface area contributed by atoms with E-state index < -0.39 is 5.97 Å². The minimum Gasteiger partial charge on any atom is -0.480 e. The molecular weight excluding hydrogens is 298 g/mol. The smallest absolute Gasteiger partial charge is 0.325 e. The summed E-state index contributed by atoms with van der Waals surface area (Å²) in [5.41, 5.74) is 1.30. The van der Waals surface area contributed by atoms with E-state index in [2.05, 4.69) is 29.4 Å². The topological polar surface area (TPSA) is 102 Å². The molecule has 0 unspecified atom stereocenters. The molecule has 0 radical (unpaired) electrons. The zero-order chi connectivity index (χ0) is 17.0. The summed E-state index contributed by atoms with van der Waals surface area (Å²) in [6.07, 6.45) is 4.95. The molecule has 8 heteroatoms. The van der Waals surface area contributed by atoms with Gasteiger partial charge >= 0.3 is 5.97 Å². The molecule has 124 valence electrons. The van der Waals surface area contributed by atoms with E-state index in [-0.39, 0.29) is 18.5 Å². The number of carbonyl (C=O) groups excluding carboxylic acids is 1. The third-order valence-corrected chi connectivity index (χ3v) is 3.76. The highest BCUT2D eigenvalue weighted by Crippen LogP contribution is 2.19. The van der Waals surface area contributed by atoms with Crippen molar-refractivity contribution in [2.24, 2.45) is 0 Å². The summed E-state index contributed by atoms with van der Waals surface area (Å²) in [6.45, 7) is 5.79. The van der Waals surface area contributed by atoms with Gasteiger partial charge in [-0.2, -0.15) is 10.2 Å². The minimum absolute atomic E-state index is 0.249. The monoisotopic (exact) mass is 319 g/mol. The summed E-state index contributed by atoms with van der Waals surface area (Å²) in [6, 6.07) is 1.83. The molecule has 2 aromatic rings. The predicted octanol–water partition coefficient (Wildman–Crippen LogP) is 2.09. The number of hydrogen-bond donors (Lipinski definition) is 2. The summed E-state index contributed by atoms with van der Waals surface area (Å²) < 4.78 is 3.12. The van der Waals surface area contributed by atoms with Gasteiger partial charge in [0.05, 0.1) is 17.8 Å². The highest BCUT2D eigenvalue weighted by atomic mass is 16.4. The molecule has 0 aliphatic rings. The molecule has 0 aliphatic carbocycles. The Morgan fingerprint density at radius 2 is 2.04 bits per heavy atom. The van der Waals surface area contributed by atoms with Crippen LogP contribution in [0.1, 0.15) is 48.8 Å². The van der Waals surface area contributed by atoms with Gasteiger partial charge in [-0.05, 0) is 19.8 Å². The van der Waals surface area contributed by atoms with Crippen molar-refractivity contribution in [2.45, 2.75) is 46.2 Å². The molecule has 1 amide bonds. The van der Waals surface area contributed by atoms with Crippen molar-refractivity contribution in [1.29, 1.82) is 0 Å². The molecule has 0 aromatic carbocycles. The first kappa shape index (κ1) is 16.7. The molecular formula is C15H21N5O3. The molecule has 2 heterocycles. The van der Waals surface area contributed by atoms with Crippen molar-refractivity contribution < 1.29 is 14.7 Å². The zero-order valence-corrected chi connectivity index (χ0v) is 13.5. The molecule has 0 fully saturated rings. The van der Waals surface area contributed by atoms with E-state index >= 15 is 0 Å². The van der Waals surface area contributed by atoms with Gasteiger partial charge in [-0.3, -0.25) is 19.0 Å². The molecule has 0 aliphatic heterocycles. The molecule has 0 saturated heterocycles. The Morgan fingerprint density at radius 1 is 1.35 bits per heavy atom. The van der Waals surface area contributed by atoms with E-state index in [1.165, 1.54) is 10.9 Å². The molecule has 0 saturated carbocycles. The van der Waals surface area contributed by atoms with Gasteiger partial charge in [0, 0.05) is 18.0 Å². The quantitative estimate of drug-likeness (QED) is 0.813. The predicted molar refractivity (Wildman–Crippen MR) is 84.4 cm³/mol. The average Bonchev–Trinajstić information content (AvgIpc) is 3.07. The molecule has 23 heavy (non-hydrogen) atoms. The van der Waals surface area contributed by atoms with E-state index in [0.29, 0.717) is 11.4 Å². The Balaban J connectivity index is 2.12. The lowest BCUT2D eigenvalue weighted by molar-refractivity contribution is -0.137. The van der Waals surface area contributed by atoms with Crippen LogP contribution in [0.15, 0.2) is 18.5 Å². The first-order valence-electron chi connectivity index (χ1n) is 7.56. The molecule has 2 rings (SSSR count). The van der Waals surface area contributed by atoms with Crippen molar-refractivity contribution in [3.8, 4) is 0 Å². The molecule has 2 N–H and O–H groups in total. The lowest BCUT2D eigenvalue weighted by atomic mass is 10.1. The molecule has 2 aromatic heterocycles. The van der Waals surface area contributed by atoms with Crippen molar-refractivity contribution >= 4 is 17.7 Å². The Bertz CT molecular complexity index is 700. The van der Waals surface area contributed by atoms with Gasteiger partial charge in [0.25, 0.3) is 5.91 Å². The summed E-state index contributed by atoms with van der Waals surface area (Å²) in [5.74, 6) is -0.987. The van der Waals surface area contributed by atoms with E-state index in [1.807, 2.05) is 11.6 Å². The van der Waals surface area contributed by atoms with Crippen LogP contribution in [-0.2, 0) is 11.3 Å². The number of hydrogen-bond acceptors (Lipinski definition) is 4. The van der Waals surface area contributed by atoms with Crippen LogP contribution in [-0.4, -0.2) is 36.5 Å². The van der Waals surface area contributed by atoms with Crippen molar-refractivity contribution in [3.05, 3.63) is 29.7 Å². The van der Waals surface area contributed by atoms with Crippen LogP contribution >= 0.6 is 0 Å². The number of carboxylic acids is 1. The number of nitrogens with zero attached hydrogens (tertiary/aromatic N) is 4. The average molecular weight is 319 g/mol. The second-order valence-electron chi connectivity index (χ2n) is 5.30. The van der Waals surface area contributed by atoms with Crippen molar-refractivity contribution in [1.82, 2.24) is 19.6 Å². The van der Waals surface area contributed by atoms with Crippen LogP contribution in [0.3, 0.4) is 0 Å². The number of aromatic nitrogens is 4. The third-order valence-electron chi connectivity index (χ3n) is 3.76. The summed E-state index contributed by atoms with van der Waals surface area (Å²) in [5, 5.41) is 19.7. The van der Waals surface area contributed by atoms with E-state index in [4.69, 9.17) is 5.11 Å². The van der Waals surface area contributed by atoms with Crippen molar-refractivity contribution in [3.63, 3.8) is 0 Å². The fraction of sp³-hybridized carbons (Fsp3) is 0.467. The second kappa shape index (κ2) is 7.08. The van der Waals surface area contributed by atoms with Gasteiger partial charge in [0.2, 0.25) is 0 Å².